The number of rotatable bonds is 4. The second kappa shape index (κ2) is 7.05. The van der Waals surface area contributed by atoms with Gasteiger partial charge in [-0.1, -0.05) is 18.2 Å². The van der Waals surface area contributed by atoms with Crippen LogP contribution in [0, 0.1) is 45.4 Å². The van der Waals surface area contributed by atoms with Gasteiger partial charge in [-0.3, -0.25) is 0 Å². The van der Waals surface area contributed by atoms with Crippen LogP contribution in [-0.4, -0.2) is 27.4 Å². The van der Waals surface area contributed by atoms with Crippen molar-refractivity contribution in [1.29, 1.82) is 0 Å². The zero-order chi connectivity index (χ0) is 23.1. The Morgan fingerprint density at radius 1 is 0.818 bits per heavy atom. The zero-order valence-corrected chi connectivity index (χ0v) is 20.7. The van der Waals surface area contributed by atoms with E-state index in [1.807, 2.05) is 51.1 Å². The third kappa shape index (κ3) is 3.00. The van der Waals surface area contributed by atoms with E-state index in [0.29, 0.717) is 11.4 Å². The van der Waals surface area contributed by atoms with Gasteiger partial charge in [-0.2, -0.15) is 22.7 Å². The molecule has 4 saturated carbocycles. The van der Waals surface area contributed by atoms with E-state index in [1.54, 1.807) is 11.6 Å². The number of aryl methyl sites for hydroxylation is 2. The summed E-state index contributed by atoms with van der Waals surface area (Å²) in [6.45, 7) is 7.55. The molecule has 4 fully saturated rings. The van der Waals surface area contributed by atoms with E-state index < -0.39 is 10.0 Å². The number of nitrogens with zero attached hydrogens (tertiary/aromatic N) is 4. The minimum Gasteiger partial charge on any atom is -0.236 e. The van der Waals surface area contributed by atoms with E-state index >= 15 is 0 Å². The summed E-state index contributed by atoms with van der Waals surface area (Å²) in [7, 11) is -3.87. The van der Waals surface area contributed by atoms with Gasteiger partial charge in [0, 0.05) is 5.56 Å². The fourth-order valence-electron chi connectivity index (χ4n) is 7.95. The van der Waals surface area contributed by atoms with Crippen LogP contribution >= 0.6 is 0 Å². The van der Waals surface area contributed by atoms with Crippen molar-refractivity contribution in [1.82, 2.24) is 19.0 Å². The quantitative estimate of drug-likeness (QED) is 0.544. The first kappa shape index (κ1) is 21.1. The lowest BCUT2D eigenvalue weighted by atomic mass is 9.48. The van der Waals surface area contributed by atoms with Crippen molar-refractivity contribution < 1.29 is 8.42 Å². The average Bonchev–Trinajstić information content (AvgIpc) is 3.23. The molecule has 0 saturated heterocycles. The minimum absolute atomic E-state index is 0.106. The largest absolute Gasteiger partial charge is 0.286 e. The van der Waals surface area contributed by atoms with Crippen LogP contribution in [0.25, 0.3) is 5.69 Å². The summed E-state index contributed by atoms with van der Waals surface area (Å²) < 4.78 is 31.0. The van der Waals surface area contributed by atoms with E-state index in [9.17, 15) is 8.42 Å². The van der Waals surface area contributed by atoms with E-state index in [0.717, 1.165) is 34.8 Å². The second-order valence-corrected chi connectivity index (χ2v) is 12.5. The lowest BCUT2D eigenvalue weighted by molar-refractivity contribution is -0.00574. The second-order valence-electron chi connectivity index (χ2n) is 10.8. The predicted molar refractivity (Wildman–Crippen MR) is 127 cm³/mol. The molecule has 4 bridgehead atoms. The van der Waals surface area contributed by atoms with Gasteiger partial charge in [0.1, 0.15) is 4.90 Å². The summed E-state index contributed by atoms with van der Waals surface area (Å²) in [5.41, 5.74) is 4.94. The molecule has 3 aromatic rings. The first-order valence-electron chi connectivity index (χ1n) is 12.1. The van der Waals surface area contributed by atoms with Crippen molar-refractivity contribution in [2.24, 2.45) is 17.8 Å². The van der Waals surface area contributed by atoms with Crippen molar-refractivity contribution in [2.75, 3.05) is 0 Å². The third-order valence-corrected chi connectivity index (χ3v) is 10.4. The molecule has 2 aromatic heterocycles. The Morgan fingerprint density at radius 2 is 1.39 bits per heavy atom. The molecule has 2 heterocycles. The van der Waals surface area contributed by atoms with E-state index in [-0.39, 0.29) is 10.3 Å². The standard InChI is InChI=1S/C26H32N4O2S/c1-16-24(26-13-20-10-21(14-26)12-22(11-20)15-26)18(3)30(28-16)33(31,32)25-17(2)27-29(19(25)4)23-8-6-5-7-9-23/h5-9,20-22H,10-15H2,1-4H3. The van der Waals surface area contributed by atoms with Gasteiger partial charge < -0.3 is 0 Å². The van der Waals surface area contributed by atoms with Crippen LogP contribution in [0.5, 0.6) is 0 Å². The summed E-state index contributed by atoms with van der Waals surface area (Å²) in [6, 6.07) is 9.67. The van der Waals surface area contributed by atoms with Crippen LogP contribution in [0.2, 0.25) is 0 Å². The van der Waals surface area contributed by atoms with E-state index in [2.05, 4.69) is 10.2 Å². The molecule has 0 spiro atoms. The smallest absolute Gasteiger partial charge is 0.236 e. The number of benzene rings is 1. The van der Waals surface area contributed by atoms with Crippen LogP contribution in [0.4, 0.5) is 0 Å². The maximum atomic E-state index is 14.0. The highest BCUT2D eigenvalue weighted by atomic mass is 32.2. The summed E-state index contributed by atoms with van der Waals surface area (Å²) in [5, 5.41) is 9.25. The molecule has 0 amide bonds. The molecule has 33 heavy (non-hydrogen) atoms. The monoisotopic (exact) mass is 464 g/mol. The Balaban J connectivity index is 1.46. The number of aromatic nitrogens is 4. The van der Waals surface area contributed by atoms with Crippen LogP contribution in [0.15, 0.2) is 35.2 Å². The molecular formula is C26H32N4O2S. The normalized spacial score (nSPS) is 28.5. The van der Waals surface area contributed by atoms with Gasteiger partial charge in [-0.15, -0.1) is 0 Å². The number of para-hydroxylation sites is 1. The summed E-state index contributed by atoms with van der Waals surface area (Å²) in [6.07, 6.45) is 7.66. The Hall–Kier alpha value is -2.41. The maximum absolute atomic E-state index is 14.0. The van der Waals surface area contributed by atoms with Crippen molar-refractivity contribution in [3.05, 3.63) is 58.7 Å². The van der Waals surface area contributed by atoms with Crippen molar-refractivity contribution in [2.45, 2.75) is 76.5 Å². The minimum atomic E-state index is -3.87. The summed E-state index contributed by atoms with van der Waals surface area (Å²) in [4.78, 5) is 0.258. The van der Waals surface area contributed by atoms with Crippen LogP contribution in [-0.2, 0) is 15.4 Å². The molecule has 174 valence electrons. The molecule has 0 atom stereocenters. The van der Waals surface area contributed by atoms with Crippen molar-refractivity contribution in [3.63, 3.8) is 0 Å². The topological polar surface area (TPSA) is 69.8 Å². The van der Waals surface area contributed by atoms with Gasteiger partial charge >= 0.3 is 0 Å². The molecule has 0 radical (unpaired) electrons. The van der Waals surface area contributed by atoms with Gasteiger partial charge in [0.2, 0.25) is 0 Å². The fraction of sp³-hybridized carbons (Fsp3) is 0.538. The summed E-state index contributed by atoms with van der Waals surface area (Å²) >= 11 is 0. The molecule has 0 N–H and O–H groups in total. The van der Waals surface area contributed by atoms with Gasteiger partial charge in [0.25, 0.3) is 10.0 Å². The maximum Gasteiger partial charge on any atom is 0.286 e. The van der Waals surface area contributed by atoms with Crippen LogP contribution < -0.4 is 0 Å². The molecule has 7 heteroatoms. The van der Waals surface area contributed by atoms with Gasteiger partial charge in [0.15, 0.2) is 0 Å². The molecule has 4 aliphatic rings. The molecule has 7 rings (SSSR count). The zero-order valence-electron chi connectivity index (χ0n) is 19.9. The summed E-state index contributed by atoms with van der Waals surface area (Å²) in [5.74, 6) is 2.39. The SMILES string of the molecule is Cc1nn(S(=O)(=O)c2c(C)nn(-c3ccccc3)c2C)c(C)c1C12CC3CC(CC(C3)C1)C2. The molecule has 1 aromatic carbocycles. The lowest BCUT2D eigenvalue weighted by Crippen LogP contribution is -2.49. The molecular weight excluding hydrogens is 432 g/mol. The molecule has 4 aliphatic carbocycles. The predicted octanol–water partition coefficient (Wildman–Crippen LogP) is 5.01. The average molecular weight is 465 g/mol. The number of hydrogen-bond acceptors (Lipinski definition) is 4. The molecule has 0 unspecified atom stereocenters. The highest BCUT2D eigenvalue weighted by Crippen LogP contribution is 2.61. The van der Waals surface area contributed by atoms with Crippen LogP contribution in [0.1, 0.15) is 66.9 Å². The van der Waals surface area contributed by atoms with Crippen molar-refractivity contribution in [3.8, 4) is 5.69 Å². The molecule has 6 nitrogen and oxygen atoms in total. The Morgan fingerprint density at radius 3 is 1.97 bits per heavy atom. The third-order valence-electron chi connectivity index (χ3n) is 8.53. The van der Waals surface area contributed by atoms with Gasteiger partial charge in [-0.25, -0.2) is 4.68 Å². The first-order valence-corrected chi connectivity index (χ1v) is 13.6. The Kier molecular flexibility index (Phi) is 4.51. The van der Waals surface area contributed by atoms with Crippen molar-refractivity contribution >= 4 is 10.0 Å². The Labute approximate surface area is 196 Å². The van der Waals surface area contributed by atoms with E-state index in [4.69, 9.17) is 0 Å². The van der Waals surface area contributed by atoms with E-state index in [1.165, 1.54) is 48.2 Å². The van der Waals surface area contributed by atoms with Gasteiger partial charge in [0.05, 0.1) is 28.5 Å². The first-order chi connectivity index (χ1) is 15.7. The van der Waals surface area contributed by atoms with Gasteiger partial charge in [-0.05, 0) is 102 Å². The molecule has 0 aliphatic heterocycles. The van der Waals surface area contributed by atoms with Crippen LogP contribution in [0.3, 0.4) is 0 Å². The Bertz CT molecular complexity index is 1320. The fourth-order valence-corrected chi connectivity index (χ4v) is 9.67. The highest BCUT2D eigenvalue weighted by molar-refractivity contribution is 7.90. The number of hydrogen-bond donors (Lipinski definition) is 0. The highest BCUT2D eigenvalue weighted by Gasteiger charge is 2.53. The lowest BCUT2D eigenvalue weighted by Gasteiger charge is -2.57.